The Bertz CT molecular complexity index is 502. The van der Waals surface area contributed by atoms with Gasteiger partial charge in [-0.2, -0.15) is 0 Å². The number of carbonyl (C=O) groups excluding carboxylic acids is 2. The van der Waals surface area contributed by atoms with Gasteiger partial charge >= 0.3 is 5.97 Å². The van der Waals surface area contributed by atoms with E-state index in [1.54, 1.807) is 0 Å². The van der Waals surface area contributed by atoms with E-state index in [4.69, 9.17) is 0 Å². The van der Waals surface area contributed by atoms with Crippen LogP contribution in [0.1, 0.15) is 16.2 Å². The standard InChI is InChI=1S/C14H21N3O3/c1-11-4-5-12(15(11)2)14(19)17-8-6-16(7-9-17)10-13(18)20-3/h4-5H,6-10H2,1-3H3. The van der Waals surface area contributed by atoms with Crippen LogP contribution in [0.15, 0.2) is 12.1 Å². The third kappa shape index (κ3) is 3.01. The Balaban J connectivity index is 1.92. The molecule has 0 saturated carbocycles. The summed E-state index contributed by atoms with van der Waals surface area (Å²) in [6.45, 7) is 4.95. The Morgan fingerprint density at radius 1 is 1.20 bits per heavy atom. The van der Waals surface area contributed by atoms with Crippen molar-refractivity contribution in [2.24, 2.45) is 7.05 Å². The molecule has 110 valence electrons. The molecule has 0 aliphatic carbocycles. The SMILES string of the molecule is COC(=O)CN1CCN(C(=O)c2ccc(C)n2C)CC1. The van der Waals surface area contributed by atoms with Gasteiger partial charge in [-0.3, -0.25) is 14.5 Å². The van der Waals surface area contributed by atoms with Crippen molar-refractivity contribution < 1.29 is 14.3 Å². The van der Waals surface area contributed by atoms with Crippen molar-refractivity contribution in [1.82, 2.24) is 14.4 Å². The van der Waals surface area contributed by atoms with Gasteiger partial charge in [0.05, 0.1) is 13.7 Å². The fourth-order valence-electron chi connectivity index (χ4n) is 2.35. The summed E-state index contributed by atoms with van der Waals surface area (Å²) in [5.74, 6) is -0.179. The lowest BCUT2D eigenvalue weighted by Gasteiger charge is -2.34. The topological polar surface area (TPSA) is 54.8 Å². The smallest absolute Gasteiger partial charge is 0.319 e. The molecule has 1 aliphatic heterocycles. The van der Waals surface area contributed by atoms with Gasteiger partial charge in [-0.15, -0.1) is 0 Å². The van der Waals surface area contributed by atoms with Crippen LogP contribution in [0.2, 0.25) is 0 Å². The third-order valence-electron chi connectivity index (χ3n) is 3.83. The van der Waals surface area contributed by atoms with Crippen LogP contribution in [-0.4, -0.2) is 66.1 Å². The number of aromatic nitrogens is 1. The van der Waals surface area contributed by atoms with Gasteiger partial charge in [-0.05, 0) is 19.1 Å². The predicted molar refractivity (Wildman–Crippen MR) is 74.5 cm³/mol. The number of ether oxygens (including phenoxy) is 1. The molecule has 0 spiro atoms. The van der Waals surface area contributed by atoms with Gasteiger partial charge in [-0.25, -0.2) is 0 Å². The van der Waals surface area contributed by atoms with Crippen LogP contribution in [0.3, 0.4) is 0 Å². The van der Waals surface area contributed by atoms with E-state index in [1.807, 2.05) is 40.5 Å². The zero-order valence-electron chi connectivity index (χ0n) is 12.3. The van der Waals surface area contributed by atoms with Crippen LogP contribution in [-0.2, 0) is 16.6 Å². The van der Waals surface area contributed by atoms with Crippen LogP contribution in [0.25, 0.3) is 0 Å². The van der Waals surface area contributed by atoms with Gasteiger partial charge in [0.15, 0.2) is 0 Å². The summed E-state index contributed by atoms with van der Waals surface area (Å²) >= 11 is 0. The highest BCUT2D eigenvalue weighted by Crippen LogP contribution is 2.11. The number of nitrogens with zero attached hydrogens (tertiary/aromatic N) is 3. The molecule has 1 aromatic heterocycles. The summed E-state index contributed by atoms with van der Waals surface area (Å²) in [7, 11) is 3.29. The van der Waals surface area contributed by atoms with Crippen molar-refractivity contribution in [3.8, 4) is 0 Å². The van der Waals surface area contributed by atoms with Gasteiger partial charge in [0.2, 0.25) is 0 Å². The van der Waals surface area contributed by atoms with Crippen LogP contribution < -0.4 is 0 Å². The molecule has 0 N–H and O–H groups in total. The molecule has 6 nitrogen and oxygen atoms in total. The molecule has 0 bridgehead atoms. The van der Waals surface area contributed by atoms with Crippen molar-refractivity contribution in [1.29, 1.82) is 0 Å². The predicted octanol–water partition coefficient (Wildman–Crippen LogP) is 0.264. The highest BCUT2D eigenvalue weighted by molar-refractivity contribution is 5.93. The molecule has 1 saturated heterocycles. The van der Waals surface area contributed by atoms with Crippen molar-refractivity contribution in [3.63, 3.8) is 0 Å². The Kier molecular flexibility index (Phi) is 4.44. The highest BCUT2D eigenvalue weighted by atomic mass is 16.5. The molecule has 1 aliphatic rings. The second kappa shape index (κ2) is 6.09. The van der Waals surface area contributed by atoms with Gasteiger partial charge < -0.3 is 14.2 Å². The number of rotatable bonds is 3. The molecule has 1 amide bonds. The molecule has 6 heteroatoms. The summed E-state index contributed by atoms with van der Waals surface area (Å²) in [6.07, 6.45) is 0. The quantitative estimate of drug-likeness (QED) is 0.745. The number of carbonyl (C=O) groups is 2. The number of piperazine rings is 1. The van der Waals surface area contributed by atoms with Gasteiger partial charge in [-0.1, -0.05) is 0 Å². The van der Waals surface area contributed by atoms with Crippen LogP contribution in [0, 0.1) is 6.92 Å². The van der Waals surface area contributed by atoms with Crippen LogP contribution >= 0.6 is 0 Å². The van der Waals surface area contributed by atoms with Crippen molar-refractivity contribution >= 4 is 11.9 Å². The largest absolute Gasteiger partial charge is 0.468 e. The monoisotopic (exact) mass is 279 g/mol. The van der Waals surface area contributed by atoms with E-state index in [-0.39, 0.29) is 11.9 Å². The maximum atomic E-state index is 12.4. The highest BCUT2D eigenvalue weighted by Gasteiger charge is 2.24. The second-order valence-corrected chi connectivity index (χ2v) is 5.06. The van der Waals surface area contributed by atoms with Gasteiger partial charge in [0, 0.05) is 38.9 Å². The number of hydrogen-bond donors (Lipinski definition) is 0. The first-order valence-electron chi connectivity index (χ1n) is 6.73. The van der Waals surface area contributed by atoms with E-state index >= 15 is 0 Å². The average Bonchev–Trinajstić information content (AvgIpc) is 2.79. The Morgan fingerprint density at radius 2 is 1.85 bits per heavy atom. The molecule has 0 radical (unpaired) electrons. The molecule has 2 rings (SSSR count). The van der Waals surface area contributed by atoms with E-state index < -0.39 is 0 Å². The van der Waals surface area contributed by atoms with E-state index in [0.717, 1.165) is 5.69 Å². The summed E-state index contributed by atoms with van der Waals surface area (Å²) in [5, 5.41) is 0. The lowest BCUT2D eigenvalue weighted by atomic mass is 10.2. The number of esters is 1. The first kappa shape index (κ1) is 14.6. The first-order valence-corrected chi connectivity index (χ1v) is 6.73. The molecule has 0 aromatic carbocycles. The van der Waals surface area contributed by atoms with Gasteiger partial charge in [0.25, 0.3) is 5.91 Å². The van der Waals surface area contributed by atoms with Crippen LogP contribution in [0.4, 0.5) is 0 Å². The number of aryl methyl sites for hydroxylation is 1. The lowest BCUT2D eigenvalue weighted by molar-refractivity contribution is -0.142. The zero-order valence-corrected chi connectivity index (χ0v) is 12.3. The van der Waals surface area contributed by atoms with E-state index in [0.29, 0.717) is 38.4 Å². The molecule has 0 atom stereocenters. The van der Waals surface area contributed by atoms with Gasteiger partial charge in [0.1, 0.15) is 5.69 Å². The Hall–Kier alpha value is -1.82. The minimum Gasteiger partial charge on any atom is -0.468 e. The van der Waals surface area contributed by atoms with E-state index in [1.165, 1.54) is 7.11 Å². The first-order chi connectivity index (χ1) is 9.52. The molecular formula is C14H21N3O3. The molecule has 0 unspecified atom stereocenters. The molecule has 2 heterocycles. The lowest BCUT2D eigenvalue weighted by Crippen LogP contribution is -2.50. The second-order valence-electron chi connectivity index (χ2n) is 5.06. The molecule has 1 fully saturated rings. The number of amides is 1. The van der Waals surface area contributed by atoms with E-state index in [2.05, 4.69) is 4.74 Å². The Labute approximate surface area is 118 Å². The summed E-state index contributed by atoms with van der Waals surface area (Å²) < 4.78 is 6.56. The minimum atomic E-state index is -0.233. The molecular weight excluding hydrogens is 258 g/mol. The fourth-order valence-corrected chi connectivity index (χ4v) is 2.35. The van der Waals surface area contributed by atoms with E-state index in [9.17, 15) is 9.59 Å². The normalized spacial score (nSPS) is 16.2. The molecule has 1 aromatic rings. The summed E-state index contributed by atoms with van der Waals surface area (Å²) in [6, 6.07) is 3.80. The fraction of sp³-hybridized carbons (Fsp3) is 0.571. The maximum Gasteiger partial charge on any atom is 0.319 e. The Morgan fingerprint density at radius 3 is 2.35 bits per heavy atom. The maximum absolute atomic E-state index is 12.4. The van der Waals surface area contributed by atoms with Crippen LogP contribution in [0.5, 0.6) is 0 Å². The van der Waals surface area contributed by atoms with Crippen molar-refractivity contribution in [2.75, 3.05) is 39.8 Å². The van der Waals surface area contributed by atoms with Crippen molar-refractivity contribution in [3.05, 3.63) is 23.5 Å². The summed E-state index contributed by atoms with van der Waals surface area (Å²) in [4.78, 5) is 27.5. The number of methoxy groups -OCH3 is 1. The third-order valence-corrected chi connectivity index (χ3v) is 3.83. The summed E-state index contributed by atoms with van der Waals surface area (Å²) in [5.41, 5.74) is 1.78. The minimum absolute atomic E-state index is 0.0540. The zero-order chi connectivity index (χ0) is 14.7. The van der Waals surface area contributed by atoms with Crippen molar-refractivity contribution in [2.45, 2.75) is 6.92 Å². The molecule has 20 heavy (non-hydrogen) atoms. The average molecular weight is 279 g/mol. The number of hydrogen-bond acceptors (Lipinski definition) is 4.